The van der Waals surface area contributed by atoms with Gasteiger partial charge in [0.1, 0.15) is 30.1 Å². The number of carbonyl (C=O) groups excluding carboxylic acids is 1. The monoisotopic (exact) mass is 516 g/mol. The SMILES string of the molecule is O=C(NC(CCN(CCCCc1ccc2c(n1)NCCC2)C1CC1)C(=O)O)OCc1c(F)cccc1F. The Hall–Kier alpha value is -3.27. The Bertz CT molecular complexity index is 1080. The smallest absolute Gasteiger partial charge is 0.408 e. The van der Waals surface area contributed by atoms with Gasteiger partial charge in [-0.1, -0.05) is 12.1 Å². The summed E-state index contributed by atoms with van der Waals surface area (Å²) in [5.41, 5.74) is 1.97. The molecule has 2 aliphatic rings. The summed E-state index contributed by atoms with van der Waals surface area (Å²) >= 11 is 0. The van der Waals surface area contributed by atoms with Gasteiger partial charge in [-0.2, -0.15) is 0 Å². The summed E-state index contributed by atoms with van der Waals surface area (Å²) in [6.45, 7) is 1.70. The molecule has 1 atom stereocenters. The van der Waals surface area contributed by atoms with Crippen LogP contribution in [0.1, 0.15) is 55.3 Å². The van der Waals surface area contributed by atoms with Gasteiger partial charge in [-0.3, -0.25) is 0 Å². The van der Waals surface area contributed by atoms with E-state index in [1.165, 1.54) is 11.6 Å². The summed E-state index contributed by atoms with van der Waals surface area (Å²) < 4.78 is 32.3. The maximum Gasteiger partial charge on any atom is 0.408 e. The number of anilines is 1. The van der Waals surface area contributed by atoms with Crippen molar-refractivity contribution in [2.45, 2.75) is 70.1 Å². The van der Waals surface area contributed by atoms with Crippen molar-refractivity contribution in [2.24, 2.45) is 0 Å². The van der Waals surface area contributed by atoms with Gasteiger partial charge in [0.25, 0.3) is 0 Å². The Labute approximate surface area is 215 Å². The number of hydrogen-bond donors (Lipinski definition) is 3. The topological polar surface area (TPSA) is 104 Å². The second-order valence-electron chi connectivity index (χ2n) is 9.67. The number of unbranched alkanes of at least 4 members (excludes halogenated alkanes) is 1. The number of carboxylic acid groups (broad SMARTS) is 1. The first kappa shape index (κ1) is 26.8. The number of carboxylic acids is 1. The highest BCUT2D eigenvalue weighted by molar-refractivity contribution is 5.79. The minimum absolute atomic E-state index is 0.201. The van der Waals surface area contributed by atoms with Gasteiger partial charge in [-0.05, 0) is 81.7 Å². The third kappa shape index (κ3) is 7.85. The van der Waals surface area contributed by atoms with Crippen molar-refractivity contribution in [3.8, 4) is 0 Å². The third-order valence-corrected chi connectivity index (χ3v) is 6.85. The van der Waals surface area contributed by atoms with Gasteiger partial charge in [0.05, 0.1) is 5.56 Å². The normalized spacial score (nSPS) is 15.5. The molecular formula is C27H34F2N4O4. The summed E-state index contributed by atoms with van der Waals surface area (Å²) in [4.78, 5) is 30.8. The van der Waals surface area contributed by atoms with E-state index in [0.29, 0.717) is 12.6 Å². The van der Waals surface area contributed by atoms with Crippen LogP contribution in [0.25, 0.3) is 0 Å². The first-order valence-electron chi connectivity index (χ1n) is 13.0. The predicted octanol–water partition coefficient (Wildman–Crippen LogP) is 4.27. The molecule has 1 unspecified atom stereocenters. The van der Waals surface area contributed by atoms with Gasteiger partial charge >= 0.3 is 12.1 Å². The Morgan fingerprint density at radius 1 is 1.16 bits per heavy atom. The van der Waals surface area contributed by atoms with Gasteiger partial charge in [-0.15, -0.1) is 0 Å². The Morgan fingerprint density at radius 3 is 2.68 bits per heavy atom. The first-order valence-corrected chi connectivity index (χ1v) is 13.0. The minimum atomic E-state index is -1.18. The number of aromatic nitrogens is 1. The van der Waals surface area contributed by atoms with Crippen LogP contribution >= 0.6 is 0 Å². The molecule has 200 valence electrons. The highest BCUT2D eigenvalue weighted by atomic mass is 19.1. The fourth-order valence-corrected chi connectivity index (χ4v) is 4.59. The summed E-state index contributed by atoms with van der Waals surface area (Å²) in [5.74, 6) is -1.84. The summed E-state index contributed by atoms with van der Waals surface area (Å²) in [6, 6.07) is 6.88. The molecule has 0 radical (unpaired) electrons. The lowest BCUT2D eigenvalue weighted by atomic mass is 10.1. The molecule has 2 heterocycles. The maximum absolute atomic E-state index is 13.7. The number of halogens is 2. The van der Waals surface area contributed by atoms with Gasteiger partial charge < -0.3 is 25.4 Å². The number of alkyl carbamates (subject to hydrolysis) is 1. The van der Waals surface area contributed by atoms with Gasteiger partial charge in [-0.25, -0.2) is 23.4 Å². The van der Waals surface area contributed by atoms with Crippen LogP contribution in [0, 0.1) is 11.6 Å². The highest BCUT2D eigenvalue weighted by Gasteiger charge is 2.30. The summed E-state index contributed by atoms with van der Waals surface area (Å²) in [7, 11) is 0. The van der Waals surface area contributed by atoms with Crippen LogP contribution < -0.4 is 10.6 Å². The number of nitrogens with one attached hydrogen (secondary N) is 2. The second kappa shape index (κ2) is 12.8. The lowest BCUT2D eigenvalue weighted by Gasteiger charge is -2.24. The van der Waals surface area contributed by atoms with Gasteiger partial charge in [0.2, 0.25) is 0 Å². The highest BCUT2D eigenvalue weighted by Crippen LogP contribution is 2.27. The van der Waals surface area contributed by atoms with Crippen molar-refractivity contribution in [2.75, 3.05) is 25.0 Å². The Morgan fingerprint density at radius 2 is 1.95 bits per heavy atom. The third-order valence-electron chi connectivity index (χ3n) is 6.85. The standard InChI is InChI=1S/C27H34F2N4O4/c28-22-7-3-8-23(29)21(22)17-37-27(36)32-24(26(34)35)13-16-33(20-11-12-20)15-2-1-6-19-10-9-18-5-4-14-30-25(18)31-19/h3,7-10,20,24H,1-2,4-6,11-17H2,(H,30,31)(H,32,36)(H,34,35). The van der Waals surface area contributed by atoms with Crippen LogP contribution in [0.4, 0.5) is 19.4 Å². The van der Waals surface area contributed by atoms with Crippen molar-refractivity contribution in [1.82, 2.24) is 15.2 Å². The number of benzene rings is 1. The number of pyridine rings is 1. The molecule has 8 nitrogen and oxygen atoms in total. The van der Waals surface area contributed by atoms with E-state index in [1.54, 1.807) is 0 Å². The van der Waals surface area contributed by atoms with E-state index in [-0.39, 0.29) is 12.0 Å². The molecule has 1 aromatic heterocycles. The van der Waals surface area contributed by atoms with Crippen molar-refractivity contribution in [3.05, 3.63) is 58.8 Å². The number of nitrogens with zero attached hydrogens (tertiary/aromatic N) is 2. The fourth-order valence-electron chi connectivity index (χ4n) is 4.59. The van der Waals surface area contributed by atoms with Crippen molar-refractivity contribution < 1.29 is 28.2 Å². The summed E-state index contributed by atoms with van der Waals surface area (Å²) in [6.07, 6.45) is 6.38. The number of amides is 1. The fraction of sp³-hybridized carbons (Fsp3) is 0.519. The molecule has 1 amide bonds. The van der Waals surface area contributed by atoms with Crippen molar-refractivity contribution in [3.63, 3.8) is 0 Å². The zero-order chi connectivity index (χ0) is 26.2. The number of aryl methyl sites for hydroxylation is 2. The van der Waals surface area contributed by atoms with E-state index < -0.39 is 36.3 Å². The van der Waals surface area contributed by atoms with Crippen LogP contribution in [-0.4, -0.2) is 58.8 Å². The average molecular weight is 517 g/mol. The molecule has 1 aliphatic carbocycles. The number of aliphatic carboxylic acids is 1. The zero-order valence-electron chi connectivity index (χ0n) is 20.8. The van der Waals surface area contributed by atoms with Crippen LogP contribution in [0.2, 0.25) is 0 Å². The van der Waals surface area contributed by atoms with E-state index in [0.717, 1.165) is 81.7 Å². The van der Waals surface area contributed by atoms with E-state index in [9.17, 15) is 23.5 Å². The number of fused-ring (bicyclic) bond motifs is 1. The van der Waals surface area contributed by atoms with E-state index in [1.807, 2.05) is 0 Å². The molecule has 0 saturated heterocycles. The predicted molar refractivity (Wildman–Crippen MR) is 134 cm³/mol. The first-order chi connectivity index (χ1) is 17.9. The molecule has 1 fully saturated rings. The van der Waals surface area contributed by atoms with Crippen molar-refractivity contribution >= 4 is 17.9 Å². The molecule has 10 heteroatoms. The number of hydrogen-bond acceptors (Lipinski definition) is 6. The summed E-state index contributed by atoms with van der Waals surface area (Å²) in [5, 5.41) is 15.2. The van der Waals surface area contributed by atoms with Crippen LogP contribution in [-0.2, 0) is 29.0 Å². The van der Waals surface area contributed by atoms with Crippen molar-refractivity contribution in [1.29, 1.82) is 0 Å². The number of ether oxygens (including phenoxy) is 1. The lowest BCUT2D eigenvalue weighted by molar-refractivity contribution is -0.139. The van der Waals surface area contributed by atoms with Crippen LogP contribution in [0.5, 0.6) is 0 Å². The molecule has 3 N–H and O–H groups in total. The van der Waals surface area contributed by atoms with Crippen LogP contribution in [0.3, 0.4) is 0 Å². The maximum atomic E-state index is 13.7. The van der Waals surface area contributed by atoms with E-state index in [4.69, 9.17) is 9.72 Å². The largest absolute Gasteiger partial charge is 0.480 e. The minimum Gasteiger partial charge on any atom is -0.480 e. The molecule has 2 aromatic rings. The molecule has 37 heavy (non-hydrogen) atoms. The molecule has 1 saturated carbocycles. The average Bonchev–Trinajstić information content (AvgIpc) is 3.72. The van der Waals surface area contributed by atoms with E-state index in [2.05, 4.69) is 27.7 Å². The number of carbonyl (C=O) groups is 2. The quantitative estimate of drug-likeness (QED) is 0.342. The lowest BCUT2D eigenvalue weighted by Crippen LogP contribution is -2.43. The Balaban J connectivity index is 1.20. The molecule has 0 spiro atoms. The van der Waals surface area contributed by atoms with Crippen LogP contribution in [0.15, 0.2) is 30.3 Å². The second-order valence-corrected chi connectivity index (χ2v) is 9.67. The molecule has 4 rings (SSSR count). The molecule has 1 aromatic carbocycles. The zero-order valence-corrected chi connectivity index (χ0v) is 20.8. The molecule has 0 bridgehead atoms. The number of rotatable bonds is 13. The molecule has 1 aliphatic heterocycles. The van der Waals surface area contributed by atoms with Gasteiger partial charge in [0.15, 0.2) is 0 Å². The van der Waals surface area contributed by atoms with Gasteiger partial charge in [0, 0.05) is 24.8 Å². The molecular weight excluding hydrogens is 482 g/mol. The van der Waals surface area contributed by atoms with E-state index >= 15 is 0 Å². The Kier molecular flexibility index (Phi) is 9.27.